The fraction of sp³-hybridized carbons (Fsp3) is 0.333. The third-order valence-electron chi connectivity index (χ3n) is 4.62. The maximum Gasteiger partial charge on any atom is 0.432 e. The van der Waals surface area contributed by atoms with Gasteiger partial charge in [0.2, 0.25) is 0 Å². The quantitative estimate of drug-likeness (QED) is 0.277. The monoisotopic (exact) mass is 444 g/mol. The second kappa shape index (κ2) is 11.6. The van der Waals surface area contributed by atoms with Gasteiger partial charge in [-0.2, -0.15) is 13.2 Å². The van der Waals surface area contributed by atoms with Crippen molar-refractivity contribution in [1.82, 2.24) is 5.32 Å². The minimum absolute atomic E-state index is 0.0499. The number of esters is 1. The van der Waals surface area contributed by atoms with Crippen LogP contribution in [0, 0.1) is 5.92 Å². The lowest BCUT2D eigenvalue weighted by molar-refractivity contribution is -0.138. The Morgan fingerprint density at radius 3 is 1.94 bits per heavy atom. The molecule has 32 heavy (non-hydrogen) atoms. The highest BCUT2D eigenvalue weighted by Gasteiger charge is 2.43. The molecule has 8 heteroatoms. The minimum Gasteiger partial charge on any atom is -0.462 e. The molecule has 0 spiro atoms. The number of nitrogens with zero attached hydrogens (tertiary/aromatic N) is 1. The Morgan fingerprint density at radius 1 is 1.03 bits per heavy atom. The summed E-state index contributed by atoms with van der Waals surface area (Å²) < 4.78 is 47.9. The molecule has 0 bridgehead atoms. The van der Waals surface area contributed by atoms with Gasteiger partial charge in [-0.25, -0.2) is 4.79 Å². The van der Waals surface area contributed by atoms with Crippen molar-refractivity contribution < 1.29 is 22.7 Å². The van der Waals surface area contributed by atoms with E-state index >= 15 is 0 Å². The van der Waals surface area contributed by atoms with Crippen LogP contribution in [0.15, 0.2) is 76.8 Å². The largest absolute Gasteiger partial charge is 0.462 e. The highest BCUT2D eigenvalue weighted by molar-refractivity contribution is 6.84. The fourth-order valence-corrected chi connectivity index (χ4v) is 3.10. The van der Waals surface area contributed by atoms with Gasteiger partial charge in [0.05, 0.1) is 6.61 Å². The average molecular weight is 444 g/mol. The smallest absolute Gasteiger partial charge is 0.432 e. The first kappa shape index (κ1) is 25.2. The van der Waals surface area contributed by atoms with E-state index in [-0.39, 0.29) is 18.2 Å². The second-order valence-corrected chi connectivity index (χ2v) is 7.69. The number of hydrogen-bond donors (Lipinski definition) is 1. The molecular weight excluding hydrogens is 416 g/mol. The molecule has 0 atom stereocenters. The van der Waals surface area contributed by atoms with Gasteiger partial charge in [-0.05, 0) is 30.7 Å². The van der Waals surface area contributed by atoms with Gasteiger partial charge in [-0.15, -0.1) is 0 Å². The van der Waals surface area contributed by atoms with Gasteiger partial charge in [0.1, 0.15) is 11.3 Å². The summed E-state index contributed by atoms with van der Waals surface area (Å²) in [5.74, 6) is -0.890. The van der Waals surface area contributed by atoms with Crippen molar-refractivity contribution in [2.45, 2.75) is 33.9 Å². The van der Waals surface area contributed by atoms with E-state index in [9.17, 15) is 18.0 Å². The van der Waals surface area contributed by atoms with Gasteiger partial charge >= 0.3 is 19.0 Å². The molecule has 0 saturated heterocycles. The third kappa shape index (κ3) is 7.00. The standard InChI is InChI=1S/C24H28BF3N2O2/c1-5-32-23(31)21(18(4)29-16-17(2)3)22(24(26,27)28)30-25(19-12-8-6-9-13-19)20-14-10-7-11-15-20/h6-15,17,29H,5,16H2,1-4H3/b21-18+,30-22+. The molecule has 2 rings (SSSR count). The van der Waals surface area contributed by atoms with Crippen molar-refractivity contribution in [3.05, 3.63) is 71.9 Å². The Labute approximate surface area is 187 Å². The maximum absolute atomic E-state index is 14.3. The lowest BCUT2D eigenvalue weighted by Gasteiger charge is -2.20. The van der Waals surface area contributed by atoms with Crippen molar-refractivity contribution in [2.75, 3.05) is 13.2 Å². The van der Waals surface area contributed by atoms with Gasteiger partial charge in [0.15, 0.2) is 0 Å². The molecule has 4 nitrogen and oxygen atoms in total. The van der Waals surface area contributed by atoms with E-state index in [0.29, 0.717) is 17.5 Å². The molecule has 0 saturated carbocycles. The Balaban J connectivity index is 2.73. The lowest BCUT2D eigenvalue weighted by Crippen LogP contribution is -2.44. The molecule has 170 valence electrons. The van der Waals surface area contributed by atoms with Crippen LogP contribution in [0.1, 0.15) is 27.7 Å². The number of carbonyl (C=O) groups is 1. The van der Waals surface area contributed by atoms with E-state index in [1.165, 1.54) is 6.92 Å². The first-order valence-electron chi connectivity index (χ1n) is 10.5. The predicted molar refractivity (Wildman–Crippen MR) is 124 cm³/mol. The summed E-state index contributed by atoms with van der Waals surface area (Å²) >= 11 is 0. The number of halogens is 3. The Bertz CT molecular complexity index is 903. The van der Waals surface area contributed by atoms with Crippen LogP contribution in [0.2, 0.25) is 0 Å². The molecule has 0 aliphatic heterocycles. The summed E-state index contributed by atoms with van der Waals surface area (Å²) in [6.45, 7) is 6.24. The third-order valence-corrected chi connectivity index (χ3v) is 4.62. The molecular formula is C24H28BF3N2O2. The van der Waals surface area contributed by atoms with Crippen molar-refractivity contribution in [3.8, 4) is 0 Å². The van der Waals surface area contributed by atoms with Crippen molar-refractivity contribution >= 4 is 29.5 Å². The number of alkyl halides is 3. The molecule has 0 aliphatic carbocycles. The zero-order valence-corrected chi connectivity index (χ0v) is 18.7. The van der Waals surface area contributed by atoms with Crippen molar-refractivity contribution in [2.24, 2.45) is 10.8 Å². The van der Waals surface area contributed by atoms with Crippen LogP contribution >= 0.6 is 0 Å². The predicted octanol–water partition coefficient (Wildman–Crippen LogP) is 3.88. The molecule has 0 fully saturated rings. The Hall–Kier alpha value is -3.03. The van der Waals surface area contributed by atoms with E-state index in [1.54, 1.807) is 67.6 Å². The van der Waals surface area contributed by atoms with Crippen LogP contribution in [-0.2, 0) is 9.53 Å². The van der Waals surface area contributed by atoms with E-state index in [2.05, 4.69) is 10.2 Å². The molecule has 2 aromatic carbocycles. The molecule has 0 amide bonds. The number of allylic oxidation sites excluding steroid dienone is 1. The van der Waals surface area contributed by atoms with Crippen LogP contribution in [0.3, 0.4) is 0 Å². The molecule has 0 radical (unpaired) electrons. The molecule has 0 heterocycles. The number of nitrogens with one attached hydrogen (secondary N) is 1. The van der Waals surface area contributed by atoms with Crippen LogP contribution in [-0.4, -0.2) is 37.9 Å². The van der Waals surface area contributed by atoms with Gasteiger partial charge in [-0.1, -0.05) is 74.5 Å². The molecule has 0 aromatic heterocycles. The molecule has 2 aromatic rings. The minimum atomic E-state index is -4.87. The average Bonchev–Trinajstić information content (AvgIpc) is 2.75. The fourth-order valence-electron chi connectivity index (χ4n) is 3.10. The maximum atomic E-state index is 14.3. The normalized spacial score (nSPS) is 12.9. The Morgan fingerprint density at radius 2 is 1.53 bits per heavy atom. The van der Waals surface area contributed by atoms with Gasteiger partial charge in [0, 0.05) is 12.2 Å². The highest BCUT2D eigenvalue weighted by Crippen LogP contribution is 2.25. The van der Waals surface area contributed by atoms with Gasteiger partial charge < -0.3 is 15.0 Å². The number of benzene rings is 2. The number of hydrogen-bond acceptors (Lipinski definition) is 4. The van der Waals surface area contributed by atoms with E-state index in [0.717, 1.165) is 0 Å². The summed E-state index contributed by atoms with van der Waals surface area (Å²) in [5, 5.41) is 2.92. The van der Waals surface area contributed by atoms with E-state index in [1.807, 2.05) is 13.8 Å². The topological polar surface area (TPSA) is 50.7 Å². The molecule has 0 aliphatic rings. The van der Waals surface area contributed by atoms with Crippen molar-refractivity contribution in [1.29, 1.82) is 0 Å². The first-order chi connectivity index (χ1) is 15.1. The van der Waals surface area contributed by atoms with Gasteiger partial charge in [0.25, 0.3) is 0 Å². The summed E-state index contributed by atoms with van der Waals surface area (Å²) in [4.78, 5) is 16.8. The van der Waals surface area contributed by atoms with E-state index < -0.39 is 30.3 Å². The molecule has 1 N–H and O–H groups in total. The van der Waals surface area contributed by atoms with Crippen LogP contribution in [0.5, 0.6) is 0 Å². The van der Waals surface area contributed by atoms with Gasteiger partial charge in [-0.3, -0.25) is 0 Å². The molecule has 0 unspecified atom stereocenters. The second-order valence-electron chi connectivity index (χ2n) is 7.69. The van der Waals surface area contributed by atoms with Crippen molar-refractivity contribution in [3.63, 3.8) is 0 Å². The number of carbonyl (C=O) groups excluding carboxylic acids is 1. The summed E-state index contributed by atoms with van der Waals surface area (Å²) in [6.07, 6.45) is -4.87. The summed E-state index contributed by atoms with van der Waals surface area (Å²) in [7, 11) is 0. The number of ether oxygens (including phenoxy) is 1. The first-order valence-corrected chi connectivity index (χ1v) is 10.5. The summed E-state index contributed by atoms with van der Waals surface area (Å²) in [6, 6.07) is 17.4. The zero-order chi connectivity index (χ0) is 23.7. The van der Waals surface area contributed by atoms with Crippen LogP contribution in [0.4, 0.5) is 13.2 Å². The lowest BCUT2D eigenvalue weighted by atomic mass is 9.51. The SMILES string of the molecule is CCOC(=O)C(/C(=N\B(c1ccccc1)c1ccccc1)C(F)(F)F)=C(\C)NCC(C)C. The highest BCUT2D eigenvalue weighted by atomic mass is 19.4. The Kier molecular flexibility index (Phi) is 9.11. The number of rotatable bonds is 9. The van der Waals surface area contributed by atoms with Crippen LogP contribution < -0.4 is 16.2 Å². The van der Waals surface area contributed by atoms with Crippen LogP contribution in [0.25, 0.3) is 0 Å². The van der Waals surface area contributed by atoms with E-state index in [4.69, 9.17) is 4.74 Å². The zero-order valence-electron chi connectivity index (χ0n) is 18.7. The summed E-state index contributed by atoms with van der Waals surface area (Å²) in [5.41, 5.74) is -0.625.